The van der Waals surface area contributed by atoms with Gasteiger partial charge in [0.2, 0.25) is 21.8 Å². The van der Waals surface area contributed by atoms with Crippen LogP contribution >= 0.6 is 23.2 Å². The molecule has 0 fully saturated rings. The Bertz CT molecular complexity index is 1140. The van der Waals surface area contributed by atoms with Gasteiger partial charge in [0.25, 0.3) is 0 Å². The summed E-state index contributed by atoms with van der Waals surface area (Å²) in [5, 5.41) is 3.68. The average molecular weight is 543 g/mol. The number of carbonyl (C=O) groups excluding carboxylic acids is 2. The molecule has 2 amide bonds. The van der Waals surface area contributed by atoms with Crippen molar-refractivity contribution in [3.63, 3.8) is 0 Å². The van der Waals surface area contributed by atoms with E-state index in [1.165, 1.54) is 4.90 Å². The number of rotatable bonds is 11. The minimum atomic E-state index is -3.78. The Hall–Kier alpha value is -2.29. The summed E-state index contributed by atoms with van der Waals surface area (Å²) in [7, 11) is -3.78. The highest BCUT2D eigenvalue weighted by atomic mass is 35.5. The highest BCUT2D eigenvalue weighted by molar-refractivity contribution is 7.92. The van der Waals surface area contributed by atoms with Crippen molar-refractivity contribution in [1.29, 1.82) is 0 Å². The summed E-state index contributed by atoms with van der Waals surface area (Å²) in [6.45, 7) is 7.66. The van der Waals surface area contributed by atoms with Gasteiger partial charge in [-0.05, 0) is 49.1 Å². The Labute approximate surface area is 218 Å². The van der Waals surface area contributed by atoms with Crippen molar-refractivity contribution in [2.24, 2.45) is 5.92 Å². The maximum Gasteiger partial charge on any atom is 0.244 e. The van der Waals surface area contributed by atoms with E-state index in [1.807, 2.05) is 20.8 Å². The van der Waals surface area contributed by atoms with Crippen molar-refractivity contribution in [3.05, 3.63) is 63.6 Å². The van der Waals surface area contributed by atoms with Crippen molar-refractivity contribution >= 4 is 50.7 Å². The van der Waals surface area contributed by atoms with Gasteiger partial charge in [-0.15, -0.1) is 0 Å². The van der Waals surface area contributed by atoms with Crippen LogP contribution in [0.15, 0.2) is 42.5 Å². The van der Waals surface area contributed by atoms with Crippen LogP contribution in [0.1, 0.15) is 38.3 Å². The van der Waals surface area contributed by atoms with Gasteiger partial charge in [0.05, 0.1) is 11.9 Å². The largest absolute Gasteiger partial charge is 0.354 e. The number of hydrogen-bond donors (Lipinski definition) is 1. The summed E-state index contributed by atoms with van der Waals surface area (Å²) in [6, 6.07) is 10.9. The number of nitrogens with zero attached hydrogens (tertiary/aromatic N) is 2. The molecule has 2 aromatic carbocycles. The standard InChI is InChI=1S/C25H33Cl2N3O4S/c1-6-23(25(32)28-14-17(2)3)29(15-19-9-10-20(26)13-22(19)27)24(31)16-30(35(5,33)34)21-11-7-18(4)8-12-21/h7-13,17,23H,6,14-16H2,1-5H3,(H,28,32). The van der Waals surface area contributed by atoms with Gasteiger partial charge < -0.3 is 10.2 Å². The first kappa shape index (κ1) is 28.9. The first-order chi connectivity index (χ1) is 16.3. The molecule has 0 heterocycles. The lowest BCUT2D eigenvalue weighted by molar-refractivity contribution is -0.140. The fourth-order valence-corrected chi connectivity index (χ4v) is 4.82. The molecule has 10 heteroatoms. The molecule has 0 bridgehead atoms. The van der Waals surface area contributed by atoms with E-state index in [0.29, 0.717) is 34.3 Å². The molecule has 2 aromatic rings. The predicted molar refractivity (Wildman–Crippen MR) is 142 cm³/mol. The maximum absolute atomic E-state index is 13.6. The number of aryl methyl sites for hydroxylation is 1. The van der Waals surface area contributed by atoms with Crippen molar-refractivity contribution in [1.82, 2.24) is 10.2 Å². The molecule has 0 aliphatic heterocycles. The highest BCUT2D eigenvalue weighted by Gasteiger charge is 2.32. The van der Waals surface area contributed by atoms with E-state index in [1.54, 1.807) is 49.4 Å². The topological polar surface area (TPSA) is 86.8 Å². The minimum absolute atomic E-state index is 0.0218. The van der Waals surface area contributed by atoms with Crippen molar-refractivity contribution in [2.45, 2.75) is 46.7 Å². The summed E-state index contributed by atoms with van der Waals surface area (Å²) >= 11 is 12.4. The van der Waals surface area contributed by atoms with Crippen LogP contribution in [0.25, 0.3) is 0 Å². The van der Waals surface area contributed by atoms with E-state index < -0.39 is 28.5 Å². The Morgan fingerprint density at radius 2 is 1.69 bits per heavy atom. The second kappa shape index (κ2) is 12.6. The quantitative estimate of drug-likeness (QED) is 0.448. The molecule has 0 saturated carbocycles. The van der Waals surface area contributed by atoms with Crippen molar-refractivity contribution in [2.75, 3.05) is 23.7 Å². The van der Waals surface area contributed by atoms with E-state index in [9.17, 15) is 18.0 Å². The van der Waals surface area contributed by atoms with E-state index in [-0.39, 0.29) is 18.4 Å². The van der Waals surface area contributed by atoms with Crippen LogP contribution < -0.4 is 9.62 Å². The monoisotopic (exact) mass is 541 g/mol. The zero-order valence-electron chi connectivity index (χ0n) is 20.7. The van der Waals surface area contributed by atoms with Crippen LogP contribution in [-0.2, 0) is 26.2 Å². The third kappa shape index (κ3) is 8.40. The molecule has 0 radical (unpaired) electrons. The van der Waals surface area contributed by atoms with E-state index >= 15 is 0 Å². The first-order valence-corrected chi connectivity index (χ1v) is 14.0. The first-order valence-electron chi connectivity index (χ1n) is 11.4. The fourth-order valence-electron chi connectivity index (χ4n) is 3.50. The van der Waals surface area contributed by atoms with Gasteiger partial charge in [-0.25, -0.2) is 8.42 Å². The molecule has 0 aliphatic rings. The summed E-state index contributed by atoms with van der Waals surface area (Å²) in [4.78, 5) is 28.1. The number of sulfonamides is 1. The second-order valence-electron chi connectivity index (χ2n) is 8.93. The number of amides is 2. The number of nitrogens with one attached hydrogen (secondary N) is 1. The maximum atomic E-state index is 13.6. The number of benzene rings is 2. The Morgan fingerprint density at radius 3 is 2.20 bits per heavy atom. The lowest BCUT2D eigenvalue weighted by Crippen LogP contribution is -2.52. The third-order valence-electron chi connectivity index (χ3n) is 5.43. The fraction of sp³-hybridized carbons (Fsp3) is 0.440. The normalized spacial score (nSPS) is 12.3. The molecule has 192 valence electrons. The Kier molecular flexibility index (Phi) is 10.4. The molecule has 0 saturated heterocycles. The number of carbonyl (C=O) groups is 2. The predicted octanol–water partition coefficient (Wildman–Crippen LogP) is 4.65. The van der Waals surface area contributed by atoms with Gasteiger partial charge >= 0.3 is 0 Å². The van der Waals surface area contributed by atoms with Gasteiger partial charge in [0, 0.05) is 23.1 Å². The summed E-state index contributed by atoms with van der Waals surface area (Å²) in [6.07, 6.45) is 1.39. The SMILES string of the molecule is CCC(C(=O)NCC(C)C)N(Cc1ccc(Cl)cc1Cl)C(=O)CN(c1ccc(C)cc1)S(C)(=O)=O. The van der Waals surface area contributed by atoms with Gasteiger partial charge in [0.15, 0.2) is 0 Å². The van der Waals surface area contributed by atoms with Gasteiger partial charge in [-0.2, -0.15) is 0 Å². The molecule has 2 rings (SSSR count). The third-order valence-corrected chi connectivity index (χ3v) is 7.15. The Morgan fingerprint density at radius 1 is 1.06 bits per heavy atom. The van der Waals surface area contributed by atoms with Crippen LogP contribution in [0.4, 0.5) is 5.69 Å². The molecule has 0 aromatic heterocycles. The zero-order valence-corrected chi connectivity index (χ0v) is 23.0. The van der Waals surface area contributed by atoms with Crippen LogP contribution in [0.5, 0.6) is 0 Å². The number of anilines is 1. The molecular weight excluding hydrogens is 509 g/mol. The van der Waals surface area contributed by atoms with Crippen LogP contribution in [0.3, 0.4) is 0 Å². The average Bonchev–Trinajstić information content (AvgIpc) is 2.77. The Balaban J connectivity index is 2.44. The van der Waals surface area contributed by atoms with E-state index in [0.717, 1.165) is 16.1 Å². The number of halogens is 2. The van der Waals surface area contributed by atoms with Crippen LogP contribution in [0, 0.1) is 12.8 Å². The van der Waals surface area contributed by atoms with E-state index in [2.05, 4.69) is 5.32 Å². The molecule has 1 unspecified atom stereocenters. The number of hydrogen-bond acceptors (Lipinski definition) is 4. The second-order valence-corrected chi connectivity index (χ2v) is 11.7. The molecular formula is C25H33Cl2N3O4S. The summed E-state index contributed by atoms with van der Waals surface area (Å²) in [5.41, 5.74) is 1.93. The van der Waals surface area contributed by atoms with Crippen molar-refractivity contribution in [3.8, 4) is 0 Å². The lowest BCUT2D eigenvalue weighted by Gasteiger charge is -2.33. The molecule has 0 spiro atoms. The molecule has 35 heavy (non-hydrogen) atoms. The molecule has 7 nitrogen and oxygen atoms in total. The van der Waals surface area contributed by atoms with Crippen molar-refractivity contribution < 1.29 is 18.0 Å². The highest BCUT2D eigenvalue weighted by Crippen LogP contribution is 2.25. The molecule has 1 N–H and O–H groups in total. The van der Waals surface area contributed by atoms with Crippen LogP contribution in [-0.4, -0.2) is 50.5 Å². The van der Waals surface area contributed by atoms with Gasteiger partial charge in [0.1, 0.15) is 12.6 Å². The smallest absolute Gasteiger partial charge is 0.244 e. The zero-order chi connectivity index (χ0) is 26.3. The van der Waals surface area contributed by atoms with E-state index in [4.69, 9.17) is 23.2 Å². The molecule has 1 atom stereocenters. The lowest BCUT2D eigenvalue weighted by atomic mass is 10.1. The van der Waals surface area contributed by atoms with Crippen LogP contribution in [0.2, 0.25) is 10.0 Å². The van der Waals surface area contributed by atoms with Gasteiger partial charge in [-0.1, -0.05) is 67.7 Å². The minimum Gasteiger partial charge on any atom is -0.354 e. The summed E-state index contributed by atoms with van der Waals surface area (Å²) in [5.74, 6) is -0.594. The van der Waals surface area contributed by atoms with Gasteiger partial charge in [-0.3, -0.25) is 13.9 Å². The summed E-state index contributed by atoms with van der Waals surface area (Å²) < 4.78 is 26.3. The molecule has 0 aliphatic carbocycles.